The van der Waals surface area contributed by atoms with E-state index in [4.69, 9.17) is 4.42 Å². The topological polar surface area (TPSA) is 47.5 Å². The molecule has 0 radical (unpaired) electrons. The molecule has 0 unspecified atom stereocenters. The van der Waals surface area contributed by atoms with Crippen LogP contribution in [0.5, 0.6) is 0 Å². The van der Waals surface area contributed by atoms with E-state index in [1.54, 1.807) is 10.7 Å². The first-order valence-electron chi connectivity index (χ1n) is 5.44. The third-order valence-corrected chi connectivity index (χ3v) is 3.80. The molecule has 3 heterocycles. The monoisotopic (exact) mass is 258 g/mol. The van der Waals surface area contributed by atoms with Gasteiger partial charge in [-0.3, -0.25) is 9.20 Å². The summed E-state index contributed by atoms with van der Waals surface area (Å²) in [7, 11) is 0. The van der Waals surface area contributed by atoms with Crippen molar-refractivity contribution in [3.8, 4) is 0 Å². The van der Waals surface area contributed by atoms with Gasteiger partial charge in [-0.2, -0.15) is 0 Å². The average molecular weight is 258 g/mol. The highest BCUT2D eigenvalue weighted by Gasteiger charge is 2.14. The minimum Gasteiger partial charge on any atom is -0.468 e. The lowest BCUT2D eigenvalue weighted by atomic mass is 10.4. The molecule has 0 atom stereocenters. The van der Waals surface area contributed by atoms with Crippen LogP contribution in [0.1, 0.15) is 16.2 Å². The summed E-state index contributed by atoms with van der Waals surface area (Å²) in [4.78, 5) is 16.6. The van der Waals surface area contributed by atoms with Gasteiger partial charge >= 0.3 is 0 Å². The van der Waals surface area contributed by atoms with Crippen molar-refractivity contribution in [2.24, 2.45) is 0 Å². The van der Waals surface area contributed by atoms with Gasteiger partial charge in [0.2, 0.25) is 0 Å². The summed E-state index contributed by atoms with van der Waals surface area (Å²) in [6, 6.07) is 7.52. The Morgan fingerprint density at radius 3 is 3.00 bits per heavy atom. The minimum atomic E-state index is 0.566. The van der Waals surface area contributed by atoms with Crippen molar-refractivity contribution in [2.75, 3.05) is 0 Å². The zero-order chi connectivity index (χ0) is 12.5. The smallest absolute Gasteiger partial charge is 0.169 e. The third kappa shape index (κ3) is 1.73. The largest absolute Gasteiger partial charge is 0.468 e. The number of aromatic nitrogens is 2. The molecule has 90 valence electrons. The van der Waals surface area contributed by atoms with E-state index in [0.29, 0.717) is 10.7 Å². The Balaban J connectivity index is 2.11. The predicted octanol–water partition coefficient (Wildman–Crippen LogP) is 3.20. The number of aryl methyl sites for hydroxylation is 1. The van der Waals surface area contributed by atoms with Gasteiger partial charge in [0.1, 0.15) is 22.1 Å². The van der Waals surface area contributed by atoms with Crippen molar-refractivity contribution in [1.82, 2.24) is 9.38 Å². The molecule has 0 aliphatic rings. The molecule has 3 aromatic heterocycles. The Labute approximate surface area is 108 Å². The molecule has 5 heteroatoms. The molecule has 4 nitrogen and oxygen atoms in total. The molecule has 0 amide bonds. The molecular formula is C13H10N2O2S. The fourth-order valence-corrected chi connectivity index (χ4v) is 2.67. The van der Waals surface area contributed by atoms with Crippen LogP contribution in [-0.4, -0.2) is 15.7 Å². The van der Waals surface area contributed by atoms with E-state index in [0.717, 1.165) is 22.6 Å². The SMILES string of the molecule is Cc1occc1Sc1nc2ccccn2c1C=O. The number of hydrogen-bond acceptors (Lipinski definition) is 4. The molecule has 0 fully saturated rings. The van der Waals surface area contributed by atoms with E-state index < -0.39 is 0 Å². The highest BCUT2D eigenvalue weighted by molar-refractivity contribution is 7.99. The van der Waals surface area contributed by atoms with Crippen LogP contribution in [0, 0.1) is 6.92 Å². The molecule has 0 aliphatic carbocycles. The Morgan fingerprint density at radius 1 is 1.39 bits per heavy atom. The number of rotatable bonds is 3. The number of furan rings is 1. The Morgan fingerprint density at radius 2 is 2.28 bits per heavy atom. The summed E-state index contributed by atoms with van der Waals surface area (Å²) >= 11 is 1.44. The Bertz CT molecular complexity index is 715. The first-order valence-corrected chi connectivity index (χ1v) is 6.25. The molecule has 0 N–H and O–H groups in total. The summed E-state index contributed by atoms with van der Waals surface area (Å²) in [6.45, 7) is 1.89. The Kier molecular flexibility index (Phi) is 2.68. The van der Waals surface area contributed by atoms with Crippen molar-refractivity contribution < 1.29 is 9.21 Å². The van der Waals surface area contributed by atoms with Crippen molar-refractivity contribution in [3.05, 3.63) is 48.2 Å². The van der Waals surface area contributed by atoms with Crippen LogP contribution < -0.4 is 0 Å². The van der Waals surface area contributed by atoms with Crippen LogP contribution in [-0.2, 0) is 0 Å². The second-order valence-corrected chi connectivity index (χ2v) is 4.82. The van der Waals surface area contributed by atoms with Crippen LogP contribution >= 0.6 is 11.8 Å². The van der Waals surface area contributed by atoms with Crippen LogP contribution in [0.3, 0.4) is 0 Å². The van der Waals surface area contributed by atoms with Gasteiger partial charge in [-0.05, 0) is 25.1 Å². The van der Waals surface area contributed by atoms with E-state index in [1.807, 2.05) is 37.4 Å². The molecule has 3 rings (SSSR count). The highest BCUT2D eigenvalue weighted by Crippen LogP contribution is 2.32. The number of carbonyl (C=O) groups is 1. The molecule has 0 aromatic carbocycles. The summed E-state index contributed by atoms with van der Waals surface area (Å²) in [5, 5.41) is 0.695. The number of aldehydes is 1. The molecule has 0 saturated carbocycles. The maximum Gasteiger partial charge on any atom is 0.169 e. The van der Waals surface area contributed by atoms with Gasteiger partial charge in [-0.1, -0.05) is 17.8 Å². The minimum absolute atomic E-state index is 0.566. The van der Waals surface area contributed by atoms with Crippen LogP contribution in [0.25, 0.3) is 5.65 Å². The molecule has 0 spiro atoms. The highest BCUT2D eigenvalue weighted by atomic mass is 32.2. The molecule has 18 heavy (non-hydrogen) atoms. The lowest BCUT2D eigenvalue weighted by Gasteiger charge is -1.96. The molecular weight excluding hydrogens is 248 g/mol. The van der Waals surface area contributed by atoms with Gasteiger partial charge in [0.05, 0.1) is 11.2 Å². The van der Waals surface area contributed by atoms with E-state index in [1.165, 1.54) is 11.8 Å². The first kappa shape index (κ1) is 11.1. The predicted molar refractivity (Wildman–Crippen MR) is 68.1 cm³/mol. The maximum atomic E-state index is 11.2. The third-order valence-electron chi connectivity index (χ3n) is 2.66. The molecule has 0 aliphatic heterocycles. The van der Waals surface area contributed by atoms with Gasteiger partial charge in [0.15, 0.2) is 6.29 Å². The lowest BCUT2D eigenvalue weighted by molar-refractivity contribution is 0.111. The number of hydrogen-bond donors (Lipinski definition) is 0. The van der Waals surface area contributed by atoms with Gasteiger partial charge < -0.3 is 4.42 Å². The lowest BCUT2D eigenvalue weighted by Crippen LogP contribution is -1.90. The number of fused-ring (bicyclic) bond motifs is 1. The fourth-order valence-electron chi connectivity index (χ4n) is 1.76. The van der Waals surface area contributed by atoms with E-state index in [-0.39, 0.29) is 0 Å². The van der Waals surface area contributed by atoms with Crippen molar-refractivity contribution in [3.63, 3.8) is 0 Å². The molecule has 3 aromatic rings. The zero-order valence-corrected chi connectivity index (χ0v) is 10.5. The van der Waals surface area contributed by atoms with Crippen LogP contribution in [0.15, 0.2) is 51.1 Å². The van der Waals surface area contributed by atoms with Gasteiger partial charge in [-0.15, -0.1) is 0 Å². The number of carbonyl (C=O) groups excluding carboxylic acids is 1. The van der Waals surface area contributed by atoms with Crippen molar-refractivity contribution in [1.29, 1.82) is 0 Å². The van der Waals surface area contributed by atoms with Gasteiger partial charge in [0, 0.05) is 6.20 Å². The summed E-state index contributed by atoms with van der Waals surface area (Å²) in [6.07, 6.45) is 4.30. The molecule has 0 saturated heterocycles. The van der Waals surface area contributed by atoms with E-state index in [2.05, 4.69) is 4.98 Å². The van der Waals surface area contributed by atoms with Crippen LogP contribution in [0.4, 0.5) is 0 Å². The summed E-state index contributed by atoms with van der Waals surface area (Å²) < 4.78 is 7.02. The summed E-state index contributed by atoms with van der Waals surface area (Å²) in [5.74, 6) is 0.828. The van der Waals surface area contributed by atoms with Gasteiger partial charge in [0.25, 0.3) is 0 Å². The second-order valence-electron chi connectivity index (χ2n) is 3.79. The standard InChI is InChI=1S/C13H10N2O2S/c1-9-11(5-7-17-9)18-13-10(8-16)15-6-3-2-4-12(15)14-13/h2-8H,1H3. The van der Waals surface area contributed by atoms with E-state index in [9.17, 15) is 4.79 Å². The average Bonchev–Trinajstić information content (AvgIpc) is 2.93. The molecule has 0 bridgehead atoms. The zero-order valence-electron chi connectivity index (χ0n) is 9.66. The number of pyridine rings is 1. The quantitative estimate of drug-likeness (QED) is 0.677. The number of nitrogens with zero attached hydrogens (tertiary/aromatic N) is 2. The summed E-state index contributed by atoms with van der Waals surface area (Å²) in [5.41, 5.74) is 1.33. The van der Waals surface area contributed by atoms with Crippen molar-refractivity contribution in [2.45, 2.75) is 16.8 Å². The number of imidazole rings is 1. The first-order chi connectivity index (χ1) is 8.79. The fraction of sp³-hybridized carbons (Fsp3) is 0.0769. The van der Waals surface area contributed by atoms with Crippen molar-refractivity contribution >= 4 is 23.7 Å². The maximum absolute atomic E-state index is 11.2. The normalized spacial score (nSPS) is 10.9. The van der Waals surface area contributed by atoms with Gasteiger partial charge in [-0.25, -0.2) is 4.98 Å². The second kappa shape index (κ2) is 4.34. The van der Waals surface area contributed by atoms with E-state index >= 15 is 0 Å². The van der Waals surface area contributed by atoms with Crippen LogP contribution in [0.2, 0.25) is 0 Å². The Hall–Kier alpha value is -2.01.